The highest BCUT2D eigenvalue weighted by molar-refractivity contribution is 4.57. The minimum Gasteiger partial charge on any atom is -0.317 e. The van der Waals surface area contributed by atoms with E-state index >= 15 is 0 Å². The lowest BCUT2D eigenvalue weighted by atomic mass is 10.2. The van der Waals surface area contributed by atoms with Crippen molar-refractivity contribution in [1.29, 1.82) is 0 Å². The van der Waals surface area contributed by atoms with Gasteiger partial charge in [-0.05, 0) is 59.8 Å². The van der Waals surface area contributed by atoms with Gasteiger partial charge in [0.15, 0.2) is 0 Å². The van der Waals surface area contributed by atoms with Crippen molar-refractivity contribution >= 4 is 0 Å². The Bertz CT molecular complexity index is 102. The fraction of sp³-hybridized carbons (Fsp3) is 1.00. The Kier molecular flexibility index (Phi) is 8.46. The zero-order chi connectivity index (χ0) is 10.1. The Hall–Kier alpha value is -0.0800. The van der Waals surface area contributed by atoms with Gasteiger partial charge in [0, 0.05) is 6.04 Å². The van der Waals surface area contributed by atoms with E-state index in [9.17, 15) is 0 Å². The standard InChI is InChI=1S/C11H26N2/c1-5-8-12-9-6-7-10-13(4)11(2)3/h11-12H,5-10H2,1-4H3. The van der Waals surface area contributed by atoms with Gasteiger partial charge in [0.25, 0.3) is 0 Å². The minimum absolute atomic E-state index is 0.684. The number of nitrogens with zero attached hydrogens (tertiary/aromatic N) is 1. The second-order valence-electron chi connectivity index (χ2n) is 4.03. The smallest absolute Gasteiger partial charge is 0.00355 e. The average Bonchev–Trinajstić information content (AvgIpc) is 2.10. The van der Waals surface area contributed by atoms with E-state index in [1.807, 2.05) is 0 Å². The third-order valence-corrected chi connectivity index (χ3v) is 2.42. The third kappa shape index (κ3) is 8.26. The van der Waals surface area contributed by atoms with Crippen molar-refractivity contribution in [3.05, 3.63) is 0 Å². The van der Waals surface area contributed by atoms with Gasteiger partial charge in [-0.25, -0.2) is 0 Å². The first-order chi connectivity index (χ1) is 6.18. The largest absolute Gasteiger partial charge is 0.317 e. The second kappa shape index (κ2) is 8.52. The summed E-state index contributed by atoms with van der Waals surface area (Å²) in [4.78, 5) is 2.40. The lowest BCUT2D eigenvalue weighted by Gasteiger charge is -2.20. The van der Waals surface area contributed by atoms with E-state index in [1.165, 1.54) is 38.9 Å². The molecule has 2 nitrogen and oxygen atoms in total. The molecule has 0 aromatic heterocycles. The van der Waals surface area contributed by atoms with Crippen LogP contribution in [0.15, 0.2) is 0 Å². The van der Waals surface area contributed by atoms with Crippen LogP contribution in [0.4, 0.5) is 0 Å². The number of unbranched alkanes of at least 4 members (excludes halogenated alkanes) is 1. The first-order valence-corrected chi connectivity index (χ1v) is 5.59. The Morgan fingerprint density at radius 3 is 2.38 bits per heavy atom. The summed E-state index contributed by atoms with van der Waals surface area (Å²) in [6.07, 6.45) is 3.86. The van der Waals surface area contributed by atoms with Crippen LogP contribution in [0.25, 0.3) is 0 Å². The Morgan fingerprint density at radius 2 is 1.85 bits per heavy atom. The Morgan fingerprint density at radius 1 is 1.15 bits per heavy atom. The fourth-order valence-corrected chi connectivity index (χ4v) is 1.17. The van der Waals surface area contributed by atoms with E-state index in [-0.39, 0.29) is 0 Å². The summed E-state index contributed by atoms with van der Waals surface area (Å²) in [5.74, 6) is 0. The van der Waals surface area contributed by atoms with Crippen molar-refractivity contribution in [1.82, 2.24) is 10.2 Å². The zero-order valence-electron chi connectivity index (χ0n) is 9.77. The molecule has 0 saturated heterocycles. The molecule has 0 rings (SSSR count). The average molecular weight is 186 g/mol. The van der Waals surface area contributed by atoms with Gasteiger partial charge in [-0.1, -0.05) is 6.92 Å². The maximum Gasteiger partial charge on any atom is 0.00355 e. The van der Waals surface area contributed by atoms with Gasteiger partial charge in [-0.2, -0.15) is 0 Å². The van der Waals surface area contributed by atoms with Crippen molar-refractivity contribution in [2.24, 2.45) is 0 Å². The molecule has 0 amide bonds. The van der Waals surface area contributed by atoms with E-state index < -0.39 is 0 Å². The summed E-state index contributed by atoms with van der Waals surface area (Å²) in [5, 5.41) is 3.42. The summed E-state index contributed by atoms with van der Waals surface area (Å²) in [7, 11) is 2.20. The molecular formula is C11H26N2. The molecular weight excluding hydrogens is 160 g/mol. The van der Waals surface area contributed by atoms with Crippen LogP contribution >= 0.6 is 0 Å². The molecule has 80 valence electrons. The Balaban J connectivity index is 3.07. The number of rotatable bonds is 8. The maximum absolute atomic E-state index is 3.42. The molecule has 0 aliphatic heterocycles. The Labute approximate surface area is 83.7 Å². The summed E-state index contributed by atoms with van der Waals surface area (Å²) >= 11 is 0. The van der Waals surface area contributed by atoms with Crippen LogP contribution in [-0.2, 0) is 0 Å². The van der Waals surface area contributed by atoms with Gasteiger partial charge in [-0.15, -0.1) is 0 Å². The normalized spacial score (nSPS) is 11.5. The molecule has 0 aromatic rings. The van der Waals surface area contributed by atoms with Crippen molar-refractivity contribution < 1.29 is 0 Å². The zero-order valence-corrected chi connectivity index (χ0v) is 9.77. The van der Waals surface area contributed by atoms with Crippen molar-refractivity contribution in [3.63, 3.8) is 0 Å². The molecule has 0 atom stereocenters. The van der Waals surface area contributed by atoms with Crippen LogP contribution in [-0.4, -0.2) is 37.6 Å². The monoisotopic (exact) mass is 186 g/mol. The SMILES string of the molecule is CCCNCCCCN(C)C(C)C. The van der Waals surface area contributed by atoms with Crippen LogP contribution < -0.4 is 5.32 Å². The predicted octanol–water partition coefficient (Wildman–Crippen LogP) is 2.11. The van der Waals surface area contributed by atoms with Crippen LogP contribution in [0.1, 0.15) is 40.0 Å². The minimum atomic E-state index is 0.684. The van der Waals surface area contributed by atoms with Crippen molar-refractivity contribution in [2.45, 2.75) is 46.1 Å². The molecule has 0 saturated carbocycles. The van der Waals surface area contributed by atoms with Crippen LogP contribution in [0.3, 0.4) is 0 Å². The molecule has 0 spiro atoms. The first-order valence-electron chi connectivity index (χ1n) is 5.59. The topological polar surface area (TPSA) is 15.3 Å². The molecule has 13 heavy (non-hydrogen) atoms. The molecule has 0 aliphatic rings. The highest BCUT2D eigenvalue weighted by Gasteiger charge is 2.00. The van der Waals surface area contributed by atoms with Crippen LogP contribution in [0.5, 0.6) is 0 Å². The second-order valence-corrected chi connectivity index (χ2v) is 4.03. The van der Waals surface area contributed by atoms with E-state index in [2.05, 4.69) is 38.0 Å². The van der Waals surface area contributed by atoms with Crippen molar-refractivity contribution in [3.8, 4) is 0 Å². The number of hydrogen-bond donors (Lipinski definition) is 1. The summed E-state index contributed by atoms with van der Waals surface area (Å²) in [5.41, 5.74) is 0. The summed E-state index contributed by atoms with van der Waals surface area (Å²) < 4.78 is 0. The molecule has 0 aromatic carbocycles. The van der Waals surface area contributed by atoms with Gasteiger partial charge in [0.1, 0.15) is 0 Å². The van der Waals surface area contributed by atoms with Crippen LogP contribution in [0, 0.1) is 0 Å². The van der Waals surface area contributed by atoms with Gasteiger partial charge < -0.3 is 10.2 Å². The number of hydrogen-bond acceptors (Lipinski definition) is 2. The van der Waals surface area contributed by atoms with Gasteiger partial charge in [-0.3, -0.25) is 0 Å². The highest BCUT2D eigenvalue weighted by Crippen LogP contribution is 1.97. The molecule has 1 N–H and O–H groups in total. The molecule has 0 heterocycles. The fourth-order valence-electron chi connectivity index (χ4n) is 1.17. The van der Waals surface area contributed by atoms with Gasteiger partial charge >= 0.3 is 0 Å². The van der Waals surface area contributed by atoms with E-state index in [4.69, 9.17) is 0 Å². The molecule has 0 bridgehead atoms. The maximum atomic E-state index is 3.42. The van der Waals surface area contributed by atoms with Crippen LogP contribution in [0.2, 0.25) is 0 Å². The third-order valence-electron chi connectivity index (χ3n) is 2.42. The summed E-state index contributed by atoms with van der Waals surface area (Å²) in [6.45, 7) is 10.3. The van der Waals surface area contributed by atoms with E-state index in [0.717, 1.165) is 0 Å². The molecule has 2 heteroatoms. The lowest BCUT2D eigenvalue weighted by Crippen LogP contribution is -2.27. The predicted molar refractivity (Wildman–Crippen MR) is 60.2 cm³/mol. The van der Waals surface area contributed by atoms with Crippen molar-refractivity contribution in [2.75, 3.05) is 26.7 Å². The first kappa shape index (κ1) is 12.9. The highest BCUT2D eigenvalue weighted by atomic mass is 15.1. The summed E-state index contributed by atoms with van der Waals surface area (Å²) in [6, 6.07) is 0.684. The molecule has 0 aliphatic carbocycles. The lowest BCUT2D eigenvalue weighted by molar-refractivity contribution is 0.268. The number of nitrogens with one attached hydrogen (secondary N) is 1. The van der Waals surface area contributed by atoms with Gasteiger partial charge in [0.2, 0.25) is 0 Å². The molecule has 0 fully saturated rings. The quantitative estimate of drug-likeness (QED) is 0.584. The van der Waals surface area contributed by atoms with E-state index in [0.29, 0.717) is 6.04 Å². The molecule has 0 unspecified atom stereocenters. The van der Waals surface area contributed by atoms with Gasteiger partial charge in [0.05, 0.1) is 0 Å². The van der Waals surface area contributed by atoms with E-state index in [1.54, 1.807) is 0 Å². The molecule has 0 radical (unpaired) electrons.